The fraction of sp³-hybridized carbons (Fsp3) is 1.00. The molecule has 0 spiro atoms. The van der Waals surface area contributed by atoms with Crippen LogP contribution in [0, 0.1) is 17.8 Å². The number of hydrogen-bond donors (Lipinski definition) is 2. The summed E-state index contributed by atoms with van der Waals surface area (Å²) in [7, 11) is 0. The lowest BCUT2D eigenvalue weighted by Gasteiger charge is -2.19. The number of hydrogen-bond acceptors (Lipinski definition) is 2. The van der Waals surface area contributed by atoms with E-state index in [2.05, 4.69) is 5.48 Å². The van der Waals surface area contributed by atoms with Crippen molar-refractivity contribution in [2.24, 2.45) is 17.8 Å². The van der Waals surface area contributed by atoms with E-state index in [-0.39, 0.29) is 0 Å². The zero-order valence-corrected chi connectivity index (χ0v) is 6.21. The van der Waals surface area contributed by atoms with Crippen LogP contribution in [-0.4, -0.2) is 11.8 Å². The number of rotatable bonds is 2. The Bertz CT molecular complexity index is 126. The van der Waals surface area contributed by atoms with Gasteiger partial charge in [-0.05, 0) is 37.0 Å². The van der Waals surface area contributed by atoms with Crippen LogP contribution in [0.15, 0.2) is 0 Å². The van der Waals surface area contributed by atoms with Crippen molar-refractivity contribution in [3.63, 3.8) is 0 Å². The van der Waals surface area contributed by atoms with E-state index in [4.69, 9.17) is 5.21 Å². The summed E-state index contributed by atoms with van der Waals surface area (Å²) in [5, 5.41) is 8.50. The molecule has 0 aliphatic heterocycles. The minimum atomic E-state index is 0.781. The highest BCUT2D eigenvalue weighted by Gasteiger charge is 2.38. The van der Waals surface area contributed by atoms with E-state index >= 15 is 0 Å². The van der Waals surface area contributed by atoms with E-state index in [1.54, 1.807) is 0 Å². The van der Waals surface area contributed by atoms with E-state index in [1.165, 1.54) is 25.7 Å². The van der Waals surface area contributed by atoms with Gasteiger partial charge in [-0.15, -0.1) is 0 Å². The lowest BCUT2D eigenvalue weighted by atomic mass is 9.89. The Morgan fingerprint density at radius 2 is 2.20 bits per heavy atom. The molecule has 0 saturated heterocycles. The molecule has 0 aromatic carbocycles. The maximum Gasteiger partial charge on any atom is 0.0238 e. The molecular weight excluding hydrogens is 126 g/mol. The molecule has 2 bridgehead atoms. The zero-order chi connectivity index (χ0) is 6.97. The molecule has 3 atom stereocenters. The van der Waals surface area contributed by atoms with E-state index in [9.17, 15) is 0 Å². The summed E-state index contributed by atoms with van der Waals surface area (Å²) in [6.07, 6.45) is 5.66. The van der Waals surface area contributed by atoms with Crippen molar-refractivity contribution in [2.75, 3.05) is 6.54 Å². The predicted molar refractivity (Wildman–Crippen MR) is 38.7 cm³/mol. The first-order valence-electron chi connectivity index (χ1n) is 4.27. The molecule has 2 N–H and O–H groups in total. The van der Waals surface area contributed by atoms with Crippen LogP contribution in [0.3, 0.4) is 0 Å². The Hall–Kier alpha value is -0.0800. The third-order valence-corrected chi connectivity index (χ3v) is 3.24. The largest absolute Gasteiger partial charge is 0.317 e. The van der Waals surface area contributed by atoms with Crippen LogP contribution < -0.4 is 5.48 Å². The Morgan fingerprint density at radius 1 is 1.30 bits per heavy atom. The minimum Gasteiger partial charge on any atom is -0.317 e. The molecule has 0 amide bonds. The number of fused-ring (bicyclic) bond motifs is 2. The summed E-state index contributed by atoms with van der Waals surface area (Å²) in [6.45, 7) is 0.821. The summed E-state index contributed by atoms with van der Waals surface area (Å²) >= 11 is 0. The Balaban J connectivity index is 1.90. The fourth-order valence-electron chi connectivity index (χ4n) is 2.74. The van der Waals surface area contributed by atoms with Gasteiger partial charge in [0.2, 0.25) is 0 Å². The van der Waals surface area contributed by atoms with Gasteiger partial charge in [0, 0.05) is 6.54 Å². The summed E-state index contributed by atoms with van der Waals surface area (Å²) in [4.78, 5) is 0. The number of hydroxylamine groups is 1. The smallest absolute Gasteiger partial charge is 0.0238 e. The van der Waals surface area contributed by atoms with Crippen molar-refractivity contribution in [2.45, 2.75) is 25.7 Å². The van der Waals surface area contributed by atoms with Gasteiger partial charge in [0.1, 0.15) is 0 Å². The van der Waals surface area contributed by atoms with Crippen molar-refractivity contribution >= 4 is 0 Å². The Labute approximate surface area is 61.6 Å². The van der Waals surface area contributed by atoms with Crippen LogP contribution in [-0.2, 0) is 0 Å². The molecule has 2 fully saturated rings. The monoisotopic (exact) mass is 141 g/mol. The SMILES string of the molecule is ONCC1CC2CCC1C2. The van der Waals surface area contributed by atoms with Gasteiger partial charge in [-0.1, -0.05) is 6.42 Å². The van der Waals surface area contributed by atoms with Crippen molar-refractivity contribution in [3.8, 4) is 0 Å². The van der Waals surface area contributed by atoms with Crippen molar-refractivity contribution < 1.29 is 5.21 Å². The highest BCUT2D eigenvalue weighted by molar-refractivity contribution is 4.90. The molecule has 0 aromatic heterocycles. The first-order valence-corrected chi connectivity index (χ1v) is 4.27. The summed E-state index contributed by atoms with van der Waals surface area (Å²) < 4.78 is 0. The topological polar surface area (TPSA) is 32.3 Å². The van der Waals surface area contributed by atoms with E-state index in [0.717, 1.165) is 24.3 Å². The third-order valence-electron chi connectivity index (χ3n) is 3.24. The van der Waals surface area contributed by atoms with Crippen LogP contribution in [0.1, 0.15) is 25.7 Å². The molecule has 2 aliphatic carbocycles. The minimum absolute atomic E-state index is 0.781. The maximum atomic E-state index is 8.50. The molecule has 2 aliphatic rings. The first-order chi connectivity index (χ1) is 4.90. The van der Waals surface area contributed by atoms with Crippen LogP contribution in [0.25, 0.3) is 0 Å². The van der Waals surface area contributed by atoms with Gasteiger partial charge in [-0.3, -0.25) is 0 Å². The highest BCUT2D eigenvalue weighted by atomic mass is 16.5. The highest BCUT2D eigenvalue weighted by Crippen LogP contribution is 2.47. The average molecular weight is 141 g/mol. The quantitative estimate of drug-likeness (QED) is 0.570. The van der Waals surface area contributed by atoms with Crippen LogP contribution in [0.5, 0.6) is 0 Å². The van der Waals surface area contributed by atoms with Crippen LogP contribution >= 0.6 is 0 Å². The molecule has 2 heteroatoms. The summed E-state index contributed by atoms with van der Waals surface area (Å²) in [6, 6.07) is 0. The van der Waals surface area contributed by atoms with Gasteiger partial charge in [0.05, 0.1) is 0 Å². The van der Waals surface area contributed by atoms with Crippen molar-refractivity contribution in [1.29, 1.82) is 0 Å². The second-order valence-corrected chi connectivity index (χ2v) is 3.80. The van der Waals surface area contributed by atoms with Crippen molar-refractivity contribution in [3.05, 3.63) is 0 Å². The normalized spacial score (nSPS) is 44.7. The molecule has 2 rings (SSSR count). The van der Waals surface area contributed by atoms with Crippen LogP contribution in [0.4, 0.5) is 0 Å². The lowest BCUT2D eigenvalue weighted by molar-refractivity contribution is 0.133. The summed E-state index contributed by atoms with van der Waals surface area (Å²) in [5.74, 6) is 2.72. The van der Waals surface area contributed by atoms with E-state index in [0.29, 0.717) is 0 Å². The fourth-order valence-corrected chi connectivity index (χ4v) is 2.74. The molecule has 0 radical (unpaired) electrons. The first kappa shape index (κ1) is 6.62. The second-order valence-electron chi connectivity index (χ2n) is 3.80. The van der Waals surface area contributed by atoms with Gasteiger partial charge in [-0.25, -0.2) is 5.48 Å². The number of nitrogens with one attached hydrogen (secondary N) is 1. The second kappa shape index (κ2) is 2.51. The molecular formula is C8H15NO. The third kappa shape index (κ3) is 0.956. The predicted octanol–water partition coefficient (Wildman–Crippen LogP) is 1.40. The molecule has 0 aromatic rings. The molecule has 10 heavy (non-hydrogen) atoms. The maximum absolute atomic E-state index is 8.50. The van der Waals surface area contributed by atoms with Gasteiger partial charge in [0.25, 0.3) is 0 Å². The van der Waals surface area contributed by atoms with Crippen LogP contribution in [0.2, 0.25) is 0 Å². The molecule has 3 unspecified atom stereocenters. The van der Waals surface area contributed by atoms with Gasteiger partial charge >= 0.3 is 0 Å². The Kier molecular flexibility index (Phi) is 1.66. The van der Waals surface area contributed by atoms with Gasteiger partial charge < -0.3 is 5.21 Å². The van der Waals surface area contributed by atoms with Gasteiger partial charge in [-0.2, -0.15) is 0 Å². The van der Waals surface area contributed by atoms with Gasteiger partial charge in [0.15, 0.2) is 0 Å². The molecule has 2 nitrogen and oxygen atoms in total. The molecule has 58 valence electrons. The molecule has 0 heterocycles. The average Bonchev–Trinajstić information content (AvgIpc) is 2.48. The molecule has 2 saturated carbocycles. The Morgan fingerprint density at radius 3 is 2.70 bits per heavy atom. The standard InChI is InChI=1S/C8H15NO/c10-9-5-8-4-6-1-2-7(8)3-6/h6-10H,1-5H2. The van der Waals surface area contributed by atoms with E-state index in [1.807, 2.05) is 0 Å². The lowest BCUT2D eigenvalue weighted by Crippen LogP contribution is -2.23. The van der Waals surface area contributed by atoms with E-state index < -0.39 is 0 Å². The van der Waals surface area contributed by atoms with Crippen molar-refractivity contribution in [1.82, 2.24) is 5.48 Å². The summed E-state index contributed by atoms with van der Waals surface area (Å²) in [5.41, 5.74) is 2.29. The zero-order valence-electron chi connectivity index (χ0n) is 6.21.